The van der Waals surface area contributed by atoms with Gasteiger partial charge in [-0.3, -0.25) is 0 Å². The Morgan fingerprint density at radius 3 is 2.12 bits per heavy atom. The number of hydrogen-bond donors (Lipinski definition) is 0. The van der Waals surface area contributed by atoms with Crippen molar-refractivity contribution < 1.29 is 0 Å². The first-order valence-electron chi connectivity index (χ1n) is 6.17. The highest BCUT2D eigenvalue weighted by Gasteiger charge is 2.31. The van der Waals surface area contributed by atoms with Gasteiger partial charge in [-0.1, -0.05) is 51.0 Å². The predicted molar refractivity (Wildman–Crippen MR) is 68.3 cm³/mol. The number of rotatable bonds is 5. The Morgan fingerprint density at radius 1 is 1.12 bits per heavy atom. The summed E-state index contributed by atoms with van der Waals surface area (Å²) in [7, 11) is 0. The largest absolute Gasteiger partial charge is 0.197 e. The van der Waals surface area contributed by atoms with E-state index in [-0.39, 0.29) is 5.41 Å². The summed E-state index contributed by atoms with van der Waals surface area (Å²) in [4.78, 5) is 0. The van der Waals surface area contributed by atoms with Crippen molar-refractivity contribution in [2.45, 2.75) is 51.9 Å². The molecule has 0 fully saturated rings. The fourth-order valence-corrected chi connectivity index (χ4v) is 2.53. The van der Waals surface area contributed by atoms with E-state index >= 15 is 0 Å². The molecule has 0 heterocycles. The zero-order chi connectivity index (χ0) is 12.0. The molecule has 0 aliphatic carbocycles. The molecule has 0 spiro atoms. The van der Waals surface area contributed by atoms with E-state index in [9.17, 15) is 5.26 Å². The third-order valence-electron chi connectivity index (χ3n) is 3.23. The summed E-state index contributed by atoms with van der Waals surface area (Å²) in [5.41, 5.74) is 2.20. The fourth-order valence-electron chi connectivity index (χ4n) is 2.53. The third-order valence-corrected chi connectivity index (χ3v) is 3.23. The van der Waals surface area contributed by atoms with Crippen LogP contribution in [-0.2, 0) is 5.41 Å². The van der Waals surface area contributed by atoms with Crippen LogP contribution in [0.4, 0.5) is 0 Å². The molecule has 0 radical (unpaired) electrons. The quantitative estimate of drug-likeness (QED) is 0.716. The van der Waals surface area contributed by atoms with E-state index in [0.717, 1.165) is 25.7 Å². The van der Waals surface area contributed by atoms with Crippen molar-refractivity contribution in [3.8, 4) is 6.07 Å². The molecular weight excluding hydrogens is 194 g/mol. The summed E-state index contributed by atoms with van der Waals surface area (Å²) in [6, 6.07) is 10.9. The van der Waals surface area contributed by atoms with Gasteiger partial charge in [-0.25, -0.2) is 0 Å². The molecule has 0 aliphatic rings. The average Bonchev–Trinajstić information content (AvgIpc) is 2.29. The molecule has 0 amide bonds. The summed E-state index contributed by atoms with van der Waals surface area (Å²) in [6.07, 6.45) is 4.04. The van der Waals surface area contributed by atoms with Gasteiger partial charge in [0.15, 0.2) is 0 Å². The number of aryl methyl sites for hydroxylation is 1. The summed E-state index contributed by atoms with van der Waals surface area (Å²) in [5.74, 6) is 0. The predicted octanol–water partition coefficient (Wildman–Crippen LogP) is 4.36. The van der Waals surface area contributed by atoms with Crippen molar-refractivity contribution in [3.63, 3.8) is 0 Å². The maximum absolute atomic E-state index is 9.57. The first kappa shape index (κ1) is 12.8. The van der Waals surface area contributed by atoms with Crippen LogP contribution in [0, 0.1) is 18.3 Å². The van der Waals surface area contributed by atoms with Crippen molar-refractivity contribution in [2.75, 3.05) is 0 Å². The van der Waals surface area contributed by atoms with Crippen LogP contribution in [-0.4, -0.2) is 0 Å². The second-order valence-electron chi connectivity index (χ2n) is 4.51. The van der Waals surface area contributed by atoms with Gasteiger partial charge in [0, 0.05) is 0 Å². The molecule has 1 nitrogen and oxygen atoms in total. The minimum atomic E-state index is -0.269. The van der Waals surface area contributed by atoms with Gasteiger partial charge in [-0.15, -0.1) is 0 Å². The molecule has 0 atom stereocenters. The monoisotopic (exact) mass is 215 g/mol. The van der Waals surface area contributed by atoms with Gasteiger partial charge >= 0.3 is 0 Å². The van der Waals surface area contributed by atoms with Crippen molar-refractivity contribution in [1.82, 2.24) is 0 Å². The number of nitriles is 1. The molecule has 0 N–H and O–H groups in total. The molecule has 0 saturated carbocycles. The topological polar surface area (TPSA) is 23.8 Å². The van der Waals surface area contributed by atoms with Crippen LogP contribution in [0.25, 0.3) is 0 Å². The summed E-state index contributed by atoms with van der Waals surface area (Å²) < 4.78 is 0. The van der Waals surface area contributed by atoms with Crippen LogP contribution in [0.2, 0.25) is 0 Å². The Kier molecular flexibility index (Phi) is 4.55. The fraction of sp³-hybridized carbons (Fsp3) is 0.533. The van der Waals surface area contributed by atoms with Gasteiger partial charge in [-0.05, 0) is 30.9 Å². The molecule has 0 aromatic heterocycles. The van der Waals surface area contributed by atoms with Crippen molar-refractivity contribution in [1.29, 1.82) is 5.26 Å². The second-order valence-corrected chi connectivity index (χ2v) is 4.51. The van der Waals surface area contributed by atoms with E-state index in [1.165, 1.54) is 11.1 Å². The lowest BCUT2D eigenvalue weighted by molar-refractivity contribution is 0.451. The molecule has 1 aromatic carbocycles. The summed E-state index contributed by atoms with van der Waals surface area (Å²) in [6.45, 7) is 6.41. The Balaban J connectivity index is 3.20. The van der Waals surface area contributed by atoms with E-state index in [0.29, 0.717) is 0 Å². The van der Waals surface area contributed by atoms with E-state index in [1.54, 1.807) is 0 Å². The van der Waals surface area contributed by atoms with Crippen LogP contribution >= 0.6 is 0 Å². The van der Waals surface area contributed by atoms with Crippen molar-refractivity contribution in [2.24, 2.45) is 0 Å². The third kappa shape index (κ3) is 2.44. The van der Waals surface area contributed by atoms with Crippen LogP contribution in [0.5, 0.6) is 0 Å². The smallest absolute Gasteiger partial charge is 0.0824 e. The van der Waals surface area contributed by atoms with Gasteiger partial charge in [0.2, 0.25) is 0 Å². The van der Waals surface area contributed by atoms with Gasteiger partial charge in [0.1, 0.15) is 0 Å². The molecule has 1 rings (SSSR count). The normalized spacial score (nSPS) is 11.1. The molecule has 1 heteroatoms. The van der Waals surface area contributed by atoms with Crippen molar-refractivity contribution in [3.05, 3.63) is 35.4 Å². The SMILES string of the molecule is CCCC(C#N)(CCC)c1ccccc1C. The lowest BCUT2D eigenvalue weighted by Crippen LogP contribution is -2.24. The van der Waals surface area contributed by atoms with E-state index in [2.05, 4.69) is 39.0 Å². The molecular formula is C15H21N. The highest BCUT2D eigenvalue weighted by molar-refractivity contribution is 5.38. The molecule has 0 saturated heterocycles. The zero-order valence-electron chi connectivity index (χ0n) is 10.6. The Bertz CT molecular complexity index is 367. The summed E-state index contributed by atoms with van der Waals surface area (Å²) >= 11 is 0. The van der Waals surface area contributed by atoms with E-state index < -0.39 is 0 Å². The first-order valence-corrected chi connectivity index (χ1v) is 6.17. The highest BCUT2D eigenvalue weighted by Crippen LogP contribution is 2.35. The minimum absolute atomic E-state index is 0.269. The molecule has 86 valence electrons. The van der Waals surface area contributed by atoms with Crippen molar-refractivity contribution >= 4 is 0 Å². The van der Waals surface area contributed by atoms with E-state index in [1.807, 2.05) is 12.1 Å². The molecule has 0 unspecified atom stereocenters. The standard InChI is InChI=1S/C15H21N/c1-4-10-15(12-16,11-5-2)14-9-7-6-8-13(14)3/h6-9H,4-5,10-11H2,1-3H3. The maximum Gasteiger partial charge on any atom is 0.0824 e. The first-order chi connectivity index (χ1) is 7.70. The molecule has 16 heavy (non-hydrogen) atoms. The van der Waals surface area contributed by atoms with Crippen LogP contribution in [0.15, 0.2) is 24.3 Å². The number of benzene rings is 1. The lowest BCUT2D eigenvalue weighted by atomic mass is 9.73. The minimum Gasteiger partial charge on any atom is -0.197 e. The second kappa shape index (κ2) is 5.70. The number of hydrogen-bond acceptors (Lipinski definition) is 1. The van der Waals surface area contributed by atoms with Crippen LogP contribution < -0.4 is 0 Å². The molecule has 0 aliphatic heterocycles. The van der Waals surface area contributed by atoms with Gasteiger partial charge < -0.3 is 0 Å². The van der Waals surface area contributed by atoms with Crippen LogP contribution in [0.1, 0.15) is 50.7 Å². The van der Waals surface area contributed by atoms with Gasteiger partial charge in [-0.2, -0.15) is 5.26 Å². The van der Waals surface area contributed by atoms with E-state index in [4.69, 9.17) is 0 Å². The Hall–Kier alpha value is -1.29. The summed E-state index contributed by atoms with van der Waals surface area (Å²) in [5, 5.41) is 9.57. The average molecular weight is 215 g/mol. The van der Waals surface area contributed by atoms with Crippen LogP contribution in [0.3, 0.4) is 0 Å². The van der Waals surface area contributed by atoms with Gasteiger partial charge in [0.25, 0.3) is 0 Å². The zero-order valence-corrected chi connectivity index (χ0v) is 10.6. The maximum atomic E-state index is 9.57. The lowest BCUT2D eigenvalue weighted by Gasteiger charge is -2.28. The highest BCUT2D eigenvalue weighted by atomic mass is 14.4. The Morgan fingerprint density at radius 2 is 1.69 bits per heavy atom. The number of nitrogens with zero attached hydrogens (tertiary/aromatic N) is 1. The Labute approximate surface area is 99.1 Å². The molecule has 0 bridgehead atoms. The molecule has 1 aromatic rings. The van der Waals surface area contributed by atoms with Gasteiger partial charge in [0.05, 0.1) is 11.5 Å².